The van der Waals surface area contributed by atoms with Gasteiger partial charge in [0.15, 0.2) is 11.4 Å². The van der Waals surface area contributed by atoms with Crippen LogP contribution in [0.25, 0.3) is 11.0 Å². The number of rotatable bonds is 1. The highest BCUT2D eigenvalue weighted by atomic mass is 19.1. The van der Waals surface area contributed by atoms with Crippen LogP contribution in [0.5, 0.6) is 0 Å². The summed E-state index contributed by atoms with van der Waals surface area (Å²) in [5.74, 6) is -0.548. The third kappa shape index (κ3) is 2.25. The number of nitrogens with one attached hydrogen (secondary N) is 1. The molecule has 120 valence electrons. The number of Topliss-reactive ketones (excluding diaryl/α,β-unsaturated/α-hetero) is 1. The largest absolute Gasteiger partial charge is 0.369 e. The van der Waals surface area contributed by atoms with Gasteiger partial charge in [0.1, 0.15) is 5.82 Å². The number of hydrogen-bond acceptors (Lipinski definition) is 5. The number of carbonyl (C=O) groups excluding carboxylic acids is 1. The molecule has 1 atom stereocenters. The molecule has 0 aliphatic heterocycles. The average Bonchev–Trinajstić information content (AvgIpc) is 2.54. The number of benzene rings is 1. The molecular formula is C17H13FN4O2. The number of anilines is 1. The molecule has 6 nitrogen and oxygen atoms in total. The van der Waals surface area contributed by atoms with Crippen LogP contribution in [0.15, 0.2) is 35.3 Å². The molecular weight excluding hydrogens is 311 g/mol. The van der Waals surface area contributed by atoms with E-state index < -0.39 is 5.56 Å². The number of fused-ring (bicyclic) bond motifs is 3. The summed E-state index contributed by atoms with van der Waals surface area (Å²) in [6.45, 7) is 0. The van der Waals surface area contributed by atoms with Crippen LogP contribution in [-0.2, 0) is 6.42 Å². The molecule has 0 unspecified atom stereocenters. The van der Waals surface area contributed by atoms with Crippen LogP contribution in [0.1, 0.15) is 33.8 Å². The minimum absolute atomic E-state index is 0.0165. The van der Waals surface area contributed by atoms with E-state index in [0.717, 1.165) is 5.56 Å². The topological polar surface area (TPSA) is 102 Å². The molecule has 24 heavy (non-hydrogen) atoms. The molecule has 0 saturated heterocycles. The zero-order valence-electron chi connectivity index (χ0n) is 12.5. The number of nitrogen functional groups attached to an aromatic ring is 1. The van der Waals surface area contributed by atoms with Crippen LogP contribution in [0.2, 0.25) is 0 Å². The molecule has 0 radical (unpaired) electrons. The Morgan fingerprint density at radius 2 is 1.92 bits per heavy atom. The Balaban J connectivity index is 1.89. The quantitative estimate of drug-likeness (QED) is 0.712. The minimum Gasteiger partial charge on any atom is -0.369 e. The number of carbonyl (C=O) groups is 1. The lowest BCUT2D eigenvalue weighted by Gasteiger charge is -2.24. The summed E-state index contributed by atoms with van der Waals surface area (Å²) in [5.41, 5.74) is 7.30. The van der Waals surface area contributed by atoms with Gasteiger partial charge in [0.25, 0.3) is 5.56 Å². The Morgan fingerprint density at radius 1 is 1.17 bits per heavy atom. The molecule has 1 aromatic carbocycles. The van der Waals surface area contributed by atoms with Crippen molar-refractivity contribution in [3.8, 4) is 0 Å². The lowest BCUT2D eigenvalue weighted by atomic mass is 9.79. The summed E-state index contributed by atoms with van der Waals surface area (Å²) in [4.78, 5) is 35.4. The summed E-state index contributed by atoms with van der Waals surface area (Å²) in [6, 6.07) is 6.08. The van der Waals surface area contributed by atoms with Gasteiger partial charge in [-0.05, 0) is 35.6 Å². The molecule has 0 saturated carbocycles. The molecule has 3 N–H and O–H groups in total. The van der Waals surface area contributed by atoms with Gasteiger partial charge in [-0.3, -0.25) is 14.6 Å². The van der Waals surface area contributed by atoms with E-state index in [1.54, 1.807) is 12.1 Å². The van der Waals surface area contributed by atoms with E-state index in [4.69, 9.17) is 5.73 Å². The fourth-order valence-electron chi connectivity index (χ4n) is 3.26. The molecule has 2 heterocycles. The van der Waals surface area contributed by atoms with Crippen LogP contribution < -0.4 is 11.3 Å². The Kier molecular flexibility index (Phi) is 3.16. The van der Waals surface area contributed by atoms with Crippen molar-refractivity contribution in [2.24, 2.45) is 0 Å². The third-order valence-electron chi connectivity index (χ3n) is 4.39. The predicted molar refractivity (Wildman–Crippen MR) is 86.4 cm³/mol. The molecule has 2 aromatic heterocycles. The normalized spacial score (nSPS) is 17.0. The molecule has 0 fully saturated rings. The Morgan fingerprint density at radius 3 is 2.67 bits per heavy atom. The summed E-state index contributed by atoms with van der Waals surface area (Å²) in [5, 5.41) is 0.293. The van der Waals surface area contributed by atoms with E-state index in [9.17, 15) is 14.0 Å². The average molecular weight is 324 g/mol. The van der Waals surface area contributed by atoms with Crippen molar-refractivity contribution in [3.05, 3.63) is 63.3 Å². The van der Waals surface area contributed by atoms with Crippen molar-refractivity contribution in [1.82, 2.24) is 15.0 Å². The van der Waals surface area contributed by atoms with E-state index in [1.807, 2.05) is 0 Å². The number of nitrogens with zero attached hydrogens (tertiary/aromatic N) is 2. The standard InChI is InChI=1S/C17H13FN4O2/c18-10-3-1-8(2-4-10)9-5-11-12(13(23)6-9)7-20-15-14(11)16(24)22-17(19)21-15/h1-4,7,9H,5-6H2,(H3,19,20,21,22,24)/t9-/m1/s1. The molecule has 7 heteroatoms. The monoisotopic (exact) mass is 324 g/mol. The smallest absolute Gasteiger partial charge is 0.262 e. The van der Waals surface area contributed by atoms with Crippen molar-refractivity contribution in [1.29, 1.82) is 0 Å². The number of aromatic nitrogens is 3. The summed E-state index contributed by atoms with van der Waals surface area (Å²) in [7, 11) is 0. The van der Waals surface area contributed by atoms with Gasteiger partial charge in [-0.1, -0.05) is 12.1 Å². The van der Waals surface area contributed by atoms with Crippen molar-refractivity contribution in [3.63, 3.8) is 0 Å². The first kappa shape index (κ1) is 14.5. The van der Waals surface area contributed by atoms with Crippen molar-refractivity contribution in [2.75, 3.05) is 5.73 Å². The van der Waals surface area contributed by atoms with Crippen molar-refractivity contribution in [2.45, 2.75) is 18.8 Å². The minimum atomic E-state index is -0.408. The summed E-state index contributed by atoms with van der Waals surface area (Å²) < 4.78 is 13.1. The van der Waals surface area contributed by atoms with Crippen LogP contribution in [0.3, 0.4) is 0 Å². The Bertz CT molecular complexity index is 1030. The Hall–Kier alpha value is -3.09. The molecule has 0 spiro atoms. The molecule has 0 bridgehead atoms. The summed E-state index contributed by atoms with van der Waals surface area (Å²) >= 11 is 0. The lowest BCUT2D eigenvalue weighted by molar-refractivity contribution is 0.0964. The maximum atomic E-state index is 13.1. The van der Waals surface area contributed by atoms with Gasteiger partial charge in [0.05, 0.1) is 5.39 Å². The first-order chi connectivity index (χ1) is 11.5. The van der Waals surface area contributed by atoms with Gasteiger partial charge in [0.2, 0.25) is 5.95 Å². The number of hydrogen-bond donors (Lipinski definition) is 2. The van der Waals surface area contributed by atoms with E-state index in [-0.39, 0.29) is 29.1 Å². The fraction of sp³-hybridized carbons (Fsp3) is 0.176. The van der Waals surface area contributed by atoms with E-state index in [0.29, 0.717) is 29.4 Å². The number of ketones is 1. The predicted octanol–water partition coefficient (Wildman–Crippen LogP) is 1.95. The number of nitrogens with two attached hydrogens (primary N) is 1. The van der Waals surface area contributed by atoms with Gasteiger partial charge in [-0.25, -0.2) is 9.37 Å². The lowest BCUT2D eigenvalue weighted by Crippen LogP contribution is -2.23. The summed E-state index contributed by atoms with van der Waals surface area (Å²) in [6.07, 6.45) is 2.24. The highest BCUT2D eigenvalue weighted by Gasteiger charge is 2.29. The number of aromatic amines is 1. The van der Waals surface area contributed by atoms with E-state index >= 15 is 0 Å². The molecule has 3 aromatic rings. The molecule has 0 amide bonds. The van der Waals surface area contributed by atoms with Gasteiger partial charge < -0.3 is 5.73 Å². The first-order valence-corrected chi connectivity index (χ1v) is 7.49. The zero-order valence-corrected chi connectivity index (χ0v) is 12.5. The molecule has 1 aliphatic carbocycles. The number of pyridine rings is 1. The van der Waals surface area contributed by atoms with Crippen molar-refractivity contribution < 1.29 is 9.18 Å². The highest BCUT2D eigenvalue weighted by Crippen LogP contribution is 2.34. The van der Waals surface area contributed by atoms with Gasteiger partial charge in [-0.2, -0.15) is 4.98 Å². The maximum Gasteiger partial charge on any atom is 0.262 e. The van der Waals surface area contributed by atoms with Crippen molar-refractivity contribution >= 4 is 22.8 Å². The Labute approximate surface area is 135 Å². The highest BCUT2D eigenvalue weighted by molar-refractivity contribution is 6.02. The van der Waals surface area contributed by atoms with Crippen LogP contribution in [0, 0.1) is 5.82 Å². The number of H-pyrrole nitrogens is 1. The zero-order chi connectivity index (χ0) is 16.8. The van der Waals surface area contributed by atoms with E-state index in [2.05, 4.69) is 15.0 Å². The molecule has 4 rings (SSSR count). The second-order valence-corrected chi connectivity index (χ2v) is 5.88. The second-order valence-electron chi connectivity index (χ2n) is 5.88. The third-order valence-corrected chi connectivity index (χ3v) is 4.39. The SMILES string of the molecule is Nc1nc2ncc3c(c2c(=O)[nH]1)C[C@@H](c1ccc(F)cc1)CC3=O. The van der Waals surface area contributed by atoms with Crippen LogP contribution in [-0.4, -0.2) is 20.7 Å². The molecule has 1 aliphatic rings. The number of halogens is 1. The fourth-order valence-corrected chi connectivity index (χ4v) is 3.26. The first-order valence-electron chi connectivity index (χ1n) is 7.49. The van der Waals surface area contributed by atoms with Crippen LogP contribution in [0.4, 0.5) is 10.3 Å². The maximum absolute atomic E-state index is 13.1. The van der Waals surface area contributed by atoms with Gasteiger partial charge in [0, 0.05) is 18.2 Å². The van der Waals surface area contributed by atoms with Gasteiger partial charge in [-0.15, -0.1) is 0 Å². The second kappa shape index (κ2) is 5.23. The van der Waals surface area contributed by atoms with E-state index in [1.165, 1.54) is 18.3 Å². The van der Waals surface area contributed by atoms with Gasteiger partial charge >= 0.3 is 0 Å². The van der Waals surface area contributed by atoms with Crippen LogP contribution >= 0.6 is 0 Å².